The van der Waals surface area contributed by atoms with Gasteiger partial charge in [-0.05, 0) is 51.7 Å². The number of benzene rings is 1. The number of aromatic nitrogens is 3. The summed E-state index contributed by atoms with van der Waals surface area (Å²) in [5.41, 5.74) is -6.06. The topological polar surface area (TPSA) is 103 Å². The van der Waals surface area contributed by atoms with Crippen LogP contribution < -0.4 is 10.2 Å². The number of halogens is 6. The molecule has 9 nitrogen and oxygen atoms in total. The molecule has 1 saturated heterocycles. The zero-order valence-electron chi connectivity index (χ0n) is 26.0. The Bertz CT molecular complexity index is 1570. The van der Waals surface area contributed by atoms with Crippen molar-refractivity contribution in [1.82, 2.24) is 15.2 Å². The van der Waals surface area contributed by atoms with Gasteiger partial charge in [0.25, 0.3) is 11.8 Å². The van der Waals surface area contributed by atoms with Crippen LogP contribution in [-0.4, -0.2) is 45.6 Å². The Morgan fingerprint density at radius 1 is 1.09 bits per heavy atom. The molecule has 1 amide bonds. The monoisotopic (exact) mass is 667 g/mol. The molecular weight excluding hydrogens is 632 g/mol. The molecule has 0 aliphatic carbocycles. The lowest BCUT2D eigenvalue weighted by molar-refractivity contribution is -0.295. The fraction of sp³-hybridized carbons (Fsp3) is 0.438. The maximum atomic E-state index is 14.8. The largest absolute Gasteiger partial charge is 0.444 e. The maximum Gasteiger partial charge on any atom is 0.426 e. The van der Waals surface area contributed by atoms with Gasteiger partial charge in [0, 0.05) is 19.0 Å². The van der Waals surface area contributed by atoms with Crippen LogP contribution in [0.1, 0.15) is 63.5 Å². The van der Waals surface area contributed by atoms with E-state index in [1.54, 1.807) is 57.2 Å². The number of anilines is 2. The molecule has 1 aliphatic heterocycles. The number of hydrogen-bond acceptors (Lipinski definition) is 8. The van der Waals surface area contributed by atoms with Crippen LogP contribution in [0, 0.1) is 0 Å². The minimum atomic E-state index is -5.11. The first-order valence-corrected chi connectivity index (χ1v) is 14.7. The first kappa shape index (κ1) is 35.5. The number of nitrogens with one attached hydrogen (secondary N) is 1. The smallest absolute Gasteiger partial charge is 0.426 e. The number of pyridine rings is 1. The van der Waals surface area contributed by atoms with Crippen LogP contribution in [-0.2, 0) is 27.9 Å². The second-order valence-electron chi connectivity index (χ2n) is 11.9. The quantitative estimate of drug-likeness (QED) is 0.160. The van der Waals surface area contributed by atoms with E-state index >= 15 is 0 Å². The highest BCUT2D eigenvalue weighted by Crippen LogP contribution is 2.47. The molecule has 3 aromatic rings. The van der Waals surface area contributed by atoms with Crippen molar-refractivity contribution in [1.29, 1.82) is 0 Å². The molecule has 47 heavy (non-hydrogen) atoms. The van der Waals surface area contributed by atoms with Crippen molar-refractivity contribution in [3.8, 4) is 11.6 Å². The molecule has 0 saturated carbocycles. The summed E-state index contributed by atoms with van der Waals surface area (Å²) in [6.45, 7) is 11.4. The lowest BCUT2D eigenvalue weighted by Gasteiger charge is -2.31. The SMILES string of the molecule is C=CC[C@@H]1CCCN1c1nc(-c2nnc(C(CC=C)(OCc3ccccc3)C(F)(F)F)o2)c(NC(=O)OC(C)(C)C)cc1C(F)(F)F. The minimum Gasteiger partial charge on any atom is -0.444 e. The molecule has 4 rings (SSSR count). The van der Waals surface area contributed by atoms with Crippen LogP contribution >= 0.6 is 0 Å². The number of nitrogens with zero attached hydrogens (tertiary/aromatic N) is 4. The van der Waals surface area contributed by atoms with E-state index in [0.29, 0.717) is 30.9 Å². The molecule has 0 spiro atoms. The van der Waals surface area contributed by atoms with Crippen molar-refractivity contribution in [2.45, 2.75) is 82.7 Å². The van der Waals surface area contributed by atoms with E-state index in [9.17, 15) is 31.1 Å². The van der Waals surface area contributed by atoms with Crippen molar-refractivity contribution in [3.63, 3.8) is 0 Å². The fourth-order valence-corrected chi connectivity index (χ4v) is 5.15. The molecular formula is C32H35F6N5O4. The molecule has 1 fully saturated rings. The van der Waals surface area contributed by atoms with Gasteiger partial charge in [0.05, 0.1) is 12.3 Å². The summed E-state index contributed by atoms with van der Waals surface area (Å²) < 4.78 is 104. The Labute approximate surface area is 267 Å². The van der Waals surface area contributed by atoms with Crippen molar-refractivity contribution in [3.05, 3.63) is 78.7 Å². The van der Waals surface area contributed by atoms with Crippen molar-refractivity contribution >= 4 is 17.6 Å². The summed E-state index contributed by atoms with van der Waals surface area (Å²) in [5, 5.41) is 9.63. The van der Waals surface area contributed by atoms with E-state index in [-0.39, 0.29) is 12.6 Å². The molecule has 1 aliphatic rings. The van der Waals surface area contributed by atoms with Gasteiger partial charge in [-0.2, -0.15) is 26.3 Å². The average molecular weight is 668 g/mol. The second kappa shape index (κ2) is 13.8. The van der Waals surface area contributed by atoms with E-state index in [2.05, 4.69) is 33.7 Å². The van der Waals surface area contributed by atoms with E-state index in [4.69, 9.17) is 13.9 Å². The number of rotatable bonds is 11. The minimum absolute atomic E-state index is 0.214. The van der Waals surface area contributed by atoms with Crippen LogP contribution in [0.25, 0.3) is 11.6 Å². The first-order valence-electron chi connectivity index (χ1n) is 14.7. The highest BCUT2D eigenvalue weighted by atomic mass is 19.4. The summed E-state index contributed by atoms with van der Waals surface area (Å²) in [5.74, 6) is -2.24. The second-order valence-corrected chi connectivity index (χ2v) is 11.9. The Kier molecular flexibility index (Phi) is 10.4. The highest BCUT2D eigenvalue weighted by Gasteiger charge is 2.61. The predicted molar refractivity (Wildman–Crippen MR) is 161 cm³/mol. The fourth-order valence-electron chi connectivity index (χ4n) is 5.15. The van der Waals surface area contributed by atoms with Crippen molar-refractivity contribution in [2.24, 2.45) is 0 Å². The molecule has 3 heterocycles. The highest BCUT2D eigenvalue weighted by molar-refractivity contribution is 5.90. The maximum absolute atomic E-state index is 14.8. The molecule has 0 bridgehead atoms. The summed E-state index contributed by atoms with van der Waals surface area (Å²) in [6, 6.07) is 8.31. The van der Waals surface area contributed by atoms with Gasteiger partial charge < -0.3 is 18.8 Å². The Hall–Kier alpha value is -4.40. The third kappa shape index (κ3) is 8.13. The standard InChI is InChI=1S/C32H35F6N5O4/c1-6-12-21-15-11-17-43(21)25-22(31(33,34)35)18-23(39-28(44)47-29(3,4)5)24(40-25)26-41-42-27(46-26)30(16-7-2,32(36,37)38)45-19-20-13-9-8-10-14-20/h6-10,13-14,18,21H,1-2,11-12,15-17,19H2,3-5H3,(H,39,44)/t21-,30?/m1/s1. The lowest BCUT2D eigenvalue weighted by atomic mass is 9.98. The number of hydrogen-bond donors (Lipinski definition) is 1. The van der Waals surface area contributed by atoms with Gasteiger partial charge >= 0.3 is 18.4 Å². The summed E-state index contributed by atoms with van der Waals surface area (Å²) in [6.07, 6.45) is -8.01. The van der Waals surface area contributed by atoms with Gasteiger partial charge in [-0.3, -0.25) is 5.32 Å². The lowest BCUT2D eigenvalue weighted by Crippen LogP contribution is -2.45. The molecule has 2 atom stereocenters. The van der Waals surface area contributed by atoms with Gasteiger partial charge in [-0.15, -0.1) is 23.4 Å². The third-order valence-corrected chi connectivity index (χ3v) is 7.22. The van der Waals surface area contributed by atoms with Crippen LogP contribution in [0.3, 0.4) is 0 Å². The summed E-state index contributed by atoms with van der Waals surface area (Å²) in [7, 11) is 0. The Morgan fingerprint density at radius 2 is 1.79 bits per heavy atom. The Balaban J connectivity index is 1.90. The van der Waals surface area contributed by atoms with E-state index in [1.807, 2.05) is 0 Å². The third-order valence-electron chi connectivity index (χ3n) is 7.22. The normalized spacial score (nSPS) is 16.9. The molecule has 1 aromatic carbocycles. The van der Waals surface area contributed by atoms with Crippen molar-refractivity contribution < 1.29 is 45.0 Å². The van der Waals surface area contributed by atoms with Crippen LogP contribution in [0.15, 0.2) is 66.1 Å². The van der Waals surface area contributed by atoms with Gasteiger partial charge in [0.1, 0.15) is 17.0 Å². The zero-order valence-corrected chi connectivity index (χ0v) is 26.0. The van der Waals surface area contributed by atoms with Gasteiger partial charge in [-0.1, -0.05) is 42.5 Å². The van der Waals surface area contributed by atoms with E-state index in [1.165, 1.54) is 4.90 Å². The van der Waals surface area contributed by atoms with E-state index in [0.717, 1.165) is 6.08 Å². The molecule has 15 heteroatoms. The van der Waals surface area contributed by atoms with Crippen LogP contribution in [0.4, 0.5) is 42.6 Å². The van der Waals surface area contributed by atoms with Gasteiger partial charge in [0.15, 0.2) is 5.69 Å². The van der Waals surface area contributed by atoms with Gasteiger partial charge in [0.2, 0.25) is 5.60 Å². The number of amides is 1. The van der Waals surface area contributed by atoms with Crippen LogP contribution in [0.5, 0.6) is 0 Å². The predicted octanol–water partition coefficient (Wildman–Crippen LogP) is 8.59. The molecule has 1 N–H and O–H groups in total. The zero-order chi connectivity index (χ0) is 34.6. The first-order chi connectivity index (χ1) is 22.0. The Morgan fingerprint density at radius 3 is 2.38 bits per heavy atom. The number of ether oxygens (including phenoxy) is 2. The molecule has 1 unspecified atom stereocenters. The molecule has 0 radical (unpaired) electrons. The number of carbonyl (C=O) groups is 1. The van der Waals surface area contributed by atoms with Gasteiger partial charge in [-0.25, -0.2) is 9.78 Å². The summed E-state index contributed by atoms with van der Waals surface area (Å²) in [4.78, 5) is 18.4. The number of alkyl halides is 6. The van der Waals surface area contributed by atoms with Crippen molar-refractivity contribution in [2.75, 3.05) is 16.8 Å². The summed E-state index contributed by atoms with van der Waals surface area (Å²) >= 11 is 0. The molecule has 2 aromatic heterocycles. The number of carbonyl (C=O) groups excluding carboxylic acids is 1. The average Bonchev–Trinajstić information content (AvgIpc) is 3.64. The molecule has 254 valence electrons. The van der Waals surface area contributed by atoms with Crippen LogP contribution in [0.2, 0.25) is 0 Å². The van der Waals surface area contributed by atoms with E-state index < -0.39 is 77.2 Å².